The summed E-state index contributed by atoms with van der Waals surface area (Å²) in [4.78, 5) is 20.9. The lowest BCUT2D eigenvalue weighted by atomic mass is 10.1. The second-order valence-corrected chi connectivity index (χ2v) is 9.71. The summed E-state index contributed by atoms with van der Waals surface area (Å²) in [6.07, 6.45) is 6.62. The second-order valence-electron chi connectivity index (χ2n) is 8.56. The molecule has 2 atom stereocenters. The standard InChI is InChI=1S/C23H28N4O3S/c1-15(2)27-22-19(12-24-27)18(11-20(25-22)21-6-4-9-30-21)23(28)26(16-7-10-31-14-16)13-17-5-3-8-29-17/h4,6,9,11-12,15-17H,3,5,7-8,10,13-14H2,1-2H3. The number of hydrogen-bond acceptors (Lipinski definition) is 6. The number of amides is 1. The molecule has 0 N–H and O–H groups in total. The maximum atomic E-state index is 14.0. The quantitative estimate of drug-likeness (QED) is 0.566. The Bertz CT molecular complexity index is 1050. The fourth-order valence-corrected chi connectivity index (χ4v) is 5.68. The summed E-state index contributed by atoms with van der Waals surface area (Å²) < 4.78 is 13.4. The molecule has 3 aromatic rings. The summed E-state index contributed by atoms with van der Waals surface area (Å²) >= 11 is 1.92. The summed E-state index contributed by atoms with van der Waals surface area (Å²) in [5.41, 5.74) is 2.00. The van der Waals surface area contributed by atoms with Crippen LogP contribution in [0.3, 0.4) is 0 Å². The number of pyridine rings is 1. The molecule has 3 aromatic heterocycles. The van der Waals surface area contributed by atoms with Gasteiger partial charge in [0.1, 0.15) is 5.69 Å². The van der Waals surface area contributed by atoms with Gasteiger partial charge in [-0.1, -0.05) is 0 Å². The van der Waals surface area contributed by atoms with Crippen molar-refractivity contribution in [1.82, 2.24) is 19.7 Å². The molecule has 2 aliphatic rings. The van der Waals surface area contributed by atoms with E-state index in [0.717, 1.165) is 42.8 Å². The molecule has 0 bridgehead atoms. The first-order valence-electron chi connectivity index (χ1n) is 11.0. The van der Waals surface area contributed by atoms with Crippen LogP contribution in [0.4, 0.5) is 0 Å². The predicted octanol–water partition coefficient (Wildman–Crippen LogP) is 4.40. The zero-order valence-corrected chi connectivity index (χ0v) is 18.8. The first-order chi connectivity index (χ1) is 15.1. The Balaban J connectivity index is 1.59. The van der Waals surface area contributed by atoms with Gasteiger partial charge in [0, 0.05) is 31.0 Å². The van der Waals surface area contributed by atoms with E-state index in [1.54, 1.807) is 12.5 Å². The van der Waals surface area contributed by atoms with Crippen LogP contribution in [0.15, 0.2) is 35.1 Å². The van der Waals surface area contributed by atoms with E-state index >= 15 is 0 Å². The number of carbonyl (C=O) groups excluding carboxylic acids is 1. The zero-order valence-electron chi connectivity index (χ0n) is 18.0. The lowest BCUT2D eigenvalue weighted by Crippen LogP contribution is -2.44. The zero-order chi connectivity index (χ0) is 21.4. The van der Waals surface area contributed by atoms with Crippen LogP contribution in [0.25, 0.3) is 22.5 Å². The van der Waals surface area contributed by atoms with E-state index in [1.165, 1.54) is 0 Å². The number of carbonyl (C=O) groups is 1. The highest BCUT2D eigenvalue weighted by Crippen LogP contribution is 2.31. The van der Waals surface area contributed by atoms with E-state index in [1.807, 2.05) is 39.5 Å². The Kier molecular flexibility index (Phi) is 5.75. The molecular formula is C23H28N4O3S. The monoisotopic (exact) mass is 440 g/mol. The van der Waals surface area contributed by atoms with Gasteiger partial charge in [-0.05, 0) is 57.1 Å². The molecule has 0 aromatic carbocycles. The van der Waals surface area contributed by atoms with Crippen molar-refractivity contribution in [2.75, 3.05) is 24.7 Å². The lowest BCUT2D eigenvalue weighted by molar-refractivity contribution is 0.0443. The lowest BCUT2D eigenvalue weighted by Gasteiger charge is -2.31. The Labute approximate surface area is 186 Å². The minimum Gasteiger partial charge on any atom is -0.463 e. The van der Waals surface area contributed by atoms with Gasteiger partial charge in [0.25, 0.3) is 5.91 Å². The van der Waals surface area contributed by atoms with Crippen LogP contribution in [0.5, 0.6) is 0 Å². The Morgan fingerprint density at radius 2 is 2.29 bits per heavy atom. The number of thioether (sulfide) groups is 1. The summed E-state index contributed by atoms with van der Waals surface area (Å²) in [5, 5.41) is 5.33. The van der Waals surface area contributed by atoms with Gasteiger partial charge in [-0.2, -0.15) is 16.9 Å². The van der Waals surface area contributed by atoms with Crippen LogP contribution in [-0.2, 0) is 4.74 Å². The first kappa shape index (κ1) is 20.6. The van der Waals surface area contributed by atoms with Gasteiger partial charge in [-0.25, -0.2) is 9.67 Å². The molecule has 0 aliphatic carbocycles. The minimum atomic E-state index is 0.0338. The highest BCUT2D eigenvalue weighted by atomic mass is 32.2. The third-order valence-electron chi connectivity index (χ3n) is 6.09. The maximum absolute atomic E-state index is 14.0. The van der Waals surface area contributed by atoms with E-state index < -0.39 is 0 Å². The number of nitrogens with zero attached hydrogens (tertiary/aromatic N) is 4. The van der Waals surface area contributed by atoms with Gasteiger partial charge < -0.3 is 14.1 Å². The van der Waals surface area contributed by atoms with Gasteiger partial charge in [-0.15, -0.1) is 0 Å². The molecule has 31 heavy (non-hydrogen) atoms. The molecule has 0 spiro atoms. The number of rotatable bonds is 6. The molecule has 5 heterocycles. The van der Waals surface area contributed by atoms with Gasteiger partial charge in [0.05, 0.1) is 29.5 Å². The number of fused-ring (bicyclic) bond motifs is 1. The Morgan fingerprint density at radius 3 is 2.97 bits per heavy atom. The molecule has 8 heteroatoms. The van der Waals surface area contributed by atoms with Gasteiger partial charge in [-0.3, -0.25) is 4.79 Å². The third kappa shape index (κ3) is 3.99. The van der Waals surface area contributed by atoms with Gasteiger partial charge >= 0.3 is 0 Å². The number of aromatic nitrogens is 3. The summed E-state index contributed by atoms with van der Waals surface area (Å²) in [6.45, 7) is 5.56. The van der Waals surface area contributed by atoms with E-state index in [0.29, 0.717) is 29.2 Å². The van der Waals surface area contributed by atoms with Crippen molar-refractivity contribution in [3.63, 3.8) is 0 Å². The molecule has 2 saturated heterocycles. The fourth-order valence-electron chi connectivity index (χ4n) is 4.45. The molecule has 2 fully saturated rings. The van der Waals surface area contributed by atoms with Crippen molar-refractivity contribution in [3.8, 4) is 11.5 Å². The molecular weight excluding hydrogens is 412 g/mol. The minimum absolute atomic E-state index is 0.0338. The van der Waals surface area contributed by atoms with Crippen LogP contribution < -0.4 is 0 Å². The highest BCUT2D eigenvalue weighted by Gasteiger charge is 2.33. The Hall–Kier alpha value is -2.32. The molecule has 0 radical (unpaired) electrons. The molecule has 5 rings (SSSR count). The van der Waals surface area contributed by atoms with E-state index in [9.17, 15) is 4.79 Å². The largest absolute Gasteiger partial charge is 0.463 e. The summed E-state index contributed by atoms with van der Waals surface area (Å²) in [5.74, 6) is 2.75. The van der Waals surface area contributed by atoms with Crippen LogP contribution >= 0.6 is 11.8 Å². The van der Waals surface area contributed by atoms with E-state index in [4.69, 9.17) is 14.1 Å². The first-order valence-corrected chi connectivity index (χ1v) is 12.2. The average molecular weight is 441 g/mol. The van der Waals surface area contributed by atoms with Crippen molar-refractivity contribution in [1.29, 1.82) is 0 Å². The normalized spacial score (nSPS) is 21.4. The van der Waals surface area contributed by atoms with Crippen molar-refractivity contribution in [3.05, 3.63) is 36.2 Å². The van der Waals surface area contributed by atoms with Crippen molar-refractivity contribution in [2.45, 2.75) is 51.3 Å². The van der Waals surface area contributed by atoms with E-state index in [2.05, 4.69) is 18.9 Å². The van der Waals surface area contributed by atoms with Crippen LogP contribution in [0, 0.1) is 0 Å². The average Bonchev–Trinajstić information content (AvgIpc) is 3.57. The summed E-state index contributed by atoms with van der Waals surface area (Å²) in [6, 6.07) is 5.93. The fraction of sp³-hybridized carbons (Fsp3) is 0.522. The maximum Gasteiger partial charge on any atom is 0.255 e. The van der Waals surface area contributed by atoms with Gasteiger partial charge in [0.2, 0.25) is 0 Å². The molecule has 2 unspecified atom stereocenters. The number of furan rings is 1. The smallest absolute Gasteiger partial charge is 0.255 e. The molecule has 1 amide bonds. The predicted molar refractivity (Wildman–Crippen MR) is 121 cm³/mol. The number of ether oxygens (including phenoxy) is 1. The number of hydrogen-bond donors (Lipinski definition) is 0. The third-order valence-corrected chi connectivity index (χ3v) is 7.24. The second kappa shape index (κ2) is 8.67. The molecule has 164 valence electrons. The summed E-state index contributed by atoms with van der Waals surface area (Å²) in [7, 11) is 0. The van der Waals surface area contributed by atoms with Crippen molar-refractivity contribution < 1.29 is 13.9 Å². The SMILES string of the molecule is CC(C)n1ncc2c(C(=O)N(CC3CCCO3)C3CCSC3)cc(-c3ccco3)nc21. The van der Waals surface area contributed by atoms with Gasteiger partial charge in [0.15, 0.2) is 11.4 Å². The van der Waals surface area contributed by atoms with Crippen LogP contribution in [-0.4, -0.2) is 62.4 Å². The van der Waals surface area contributed by atoms with Crippen LogP contribution in [0.2, 0.25) is 0 Å². The van der Waals surface area contributed by atoms with Crippen molar-refractivity contribution >= 4 is 28.7 Å². The topological polar surface area (TPSA) is 73.4 Å². The molecule has 0 saturated carbocycles. The van der Waals surface area contributed by atoms with Crippen LogP contribution in [0.1, 0.15) is 49.5 Å². The van der Waals surface area contributed by atoms with Crippen molar-refractivity contribution in [2.24, 2.45) is 0 Å². The molecule has 2 aliphatic heterocycles. The Morgan fingerprint density at radius 1 is 1.39 bits per heavy atom. The molecule has 7 nitrogen and oxygen atoms in total. The van der Waals surface area contributed by atoms with E-state index in [-0.39, 0.29) is 24.1 Å². The highest BCUT2D eigenvalue weighted by molar-refractivity contribution is 7.99.